The average molecular weight is 271 g/mol. The predicted molar refractivity (Wildman–Crippen MR) is 82.7 cm³/mol. The molecule has 3 rings (SSSR count). The maximum Gasteiger partial charge on any atom is 0.0326 e. The average Bonchev–Trinajstić information content (AvgIpc) is 2.92. The summed E-state index contributed by atoms with van der Waals surface area (Å²) in [5.41, 5.74) is 4.55. The lowest BCUT2D eigenvalue weighted by molar-refractivity contribution is 0.460. The Hall–Kier alpha value is -1.12. The molecule has 1 heterocycles. The number of thiophene rings is 1. The first-order valence-corrected chi connectivity index (χ1v) is 8.13. The van der Waals surface area contributed by atoms with E-state index in [9.17, 15) is 0 Å². The van der Waals surface area contributed by atoms with Crippen LogP contribution in [-0.4, -0.2) is 0 Å². The summed E-state index contributed by atoms with van der Waals surface area (Å²) >= 11 is 1.88. The molecule has 0 amide bonds. The zero-order valence-electron chi connectivity index (χ0n) is 11.5. The highest BCUT2D eigenvalue weighted by molar-refractivity contribution is 7.10. The third-order valence-corrected chi connectivity index (χ3v) is 5.06. The van der Waals surface area contributed by atoms with Gasteiger partial charge < -0.3 is 5.32 Å². The fourth-order valence-corrected chi connectivity index (χ4v) is 3.95. The van der Waals surface area contributed by atoms with Gasteiger partial charge in [-0.25, -0.2) is 0 Å². The maximum atomic E-state index is 3.77. The molecule has 2 heteroatoms. The fourth-order valence-electron chi connectivity index (χ4n) is 3.02. The molecule has 0 saturated carbocycles. The summed E-state index contributed by atoms with van der Waals surface area (Å²) in [7, 11) is 0. The second kappa shape index (κ2) is 5.89. The molecule has 2 aromatic rings. The minimum atomic E-state index is 0.539. The van der Waals surface area contributed by atoms with E-state index >= 15 is 0 Å². The molecule has 1 unspecified atom stereocenters. The molecule has 100 valence electrons. The Kier molecular flexibility index (Phi) is 4.00. The molecule has 0 radical (unpaired) electrons. The number of benzene rings is 1. The van der Waals surface area contributed by atoms with Crippen LogP contribution in [0.2, 0.25) is 0 Å². The molecule has 1 aliphatic rings. The van der Waals surface area contributed by atoms with E-state index in [0.29, 0.717) is 6.04 Å². The summed E-state index contributed by atoms with van der Waals surface area (Å²) in [5, 5.41) is 5.98. The van der Waals surface area contributed by atoms with Gasteiger partial charge in [-0.1, -0.05) is 31.2 Å². The lowest BCUT2D eigenvalue weighted by Crippen LogP contribution is -2.24. The topological polar surface area (TPSA) is 12.0 Å². The lowest BCUT2D eigenvalue weighted by Gasteiger charge is -2.26. The molecule has 0 bridgehead atoms. The summed E-state index contributed by atoms with van der Waals surface area (Å²) in [6.45, 7) is 3.25. The minimum Gasteiger partial charge on any atom is -0.305 e. The molecule has 1 aromatic carbocycles. The van der Waals surface area contributed by atoms with Crippen LogP contribution in [-0.2, 0) is 19.4 Å². The number of aryl methyl sites for hydroxylation is 2. The second-order valence-corrected chi connectivity index (χ2v) is 6.25. The van der Waals surface area contributed by atoms with Crippen molar-refractivity contribution in [3.63, 3.8) is 0 Å². The molecule has 0 spiro atoms. The van der Waals surface area contributed by atoms with Crippen molar-refractivity contribution in [2.75, 3.05) is 0 Å². The largest absolute Gasteiger partial charge is 0.305 e. The van der Waals surface area contributed by atoms with Crippen LogP contribution >= 0.6 is 11.3 Å². The predicted octanol–water partition coefficient (Wildman–Crippen LogP) is 4.48. The number of hydrogen-bond donors (Lipinski definition) is 1. The van der Waals surface area contributed by atoms with Crippen molar-refractivity contribution in [3.8, 4) is 0 Å². The standard InChI is InChI=1S/C17H21NS/c1-2-13-10-11-19-17(13)12-18-16-9-5-7-14-6-3-4-8-15(14)16/h3-4,6,8,10-11,16,18H,2,5,7,9,12H2,1H3. The third kappa shape index (κ3) is 2.75. The Morgan fingerprint density at radius 1 is 1.26 bits per heavy atom. The first-order chi connectivity index (χ1) is 9.38. The molecule has 0 saturated heterocycles. The monoisotopic (exact) mass is 271 g/mol. The first kappa shape index (κ1) is 12.9. The Balaban J connectivity index is 1.71. The highest BCUT2D eigenvalue weighted by atomic mass is 32.1. The normalized spacial score (nSPS) is 18.3. The lowest BCUT2D eigenvalue weighted by atomic mass is 9.88. The highest BCUT2D eigenvalue weighted by Crippen LogP contribution is 2.30. The summed E-state index contributed by atoms with van der Waals surface area (Å²) < 4.78 is 0. The molecule has 0 aliphatic heterocycles. The van der Waals surface area contributed by atoms with Crippen LogP contribution in [0.15, 0.2) is 35.7 Å². The van der Waals surface area contributed by atoms with Crippen molar-refractivity contribution in [2.45, 2.75) is 45.2 Å². The zero-order chi connectivity index (χ0) is 13.1. The summed E-state index contributed by atoms with van der Waals surface area (Å²) in [4.78, 5) is 1.51. The minimum absolute atomic E-state index is 0.539. The smallest absolute Gasteiger partial charge is 0.0326 e. The molecule has 19 heavy (non-hydrogen) atoms. The zero-order valence-corrected chi connectivity index (χ0v) is 12.3. The Labute approximate surface area is 119 Å². The highest BCUT2D eigenvalue weighted by Gasteiger charge is 2.19. The van der Waals surface area contributed by atoms with Crippen molar-refractivity contribution in [3.05, 3.63) is 57.3 Å². The molecular formula is C17H21NS. The summed E-state index contributed by atoms with van der Waals surface area (Å²) in [6.07, 6.45) is 4.96. The van der Waals surface area contributed by atoms with Gasteiger partial charge in [0, 0.05) is 17.5 Å². The van der Waals surface area contributed by atoms with E-state index in [1.54, 1.807) is 0 Å². The van der Waals surface area contributed by atoms with Gasteiger partial charge in [-0.3, -0.25) is 0 Å². The number of fused-ring (bicyclic) bond motifs is 1. The molecule has 1 nitrogen and oxygen atoms in total. The van der Waals surface area contributed by atoms with Gasteiger partial charge in [-0.15, -0.1) is 11.3 Å². The van der Waals surface area contributed by atoms with Gasteiger partial charge in [0.1, 0.15) is 0 Å². The van der Waals surface area contributed by atoms with Crippen molar-refractivity contribution in [2.24, 2.45) is 0 Å². The van der Waals surface area contributed by atoms with Gasteiger partial charge in [0.25, 0.3) is 0 Å². The Bertz CT molecular complexity index is 544. The van der Waals surface area contributed by atoms with Gasteiger partial charge in [-0.05, 0) is 53.8 Å². The van der Waals surface area contributed by atoms with Crippen LogP contribution in [0.25, 0.3) is 0 Å². The SMILES string of the molecule is CCc1ccsc1CNC1CCCc2ccccc21. The second-order valence-electron chi connectivity index (χ2n) is 5.25. The molecule has 1 atom stereocenters. The van der Waals surface area contributed by atoms with E-state index in [0.717, 1.165) is 13.0 Å². The van der Waals surface area contributed by atoms with Crippen LogP contribution in [0, 0.1) is 0 Å². The number of nitrogens with one attached hydrogen (secondary N) is 1. The third-order valence-electron chi connectivity index (χ3n) is 4.10. The van der Waals surface area contributed by atoms with E-state index < -0.39 is 0 Å². The molecular weight excluding hydrogens is 250 g/mol. The molecule has 1 aliphatic carbocycles. The quantitative estimate of drug-likeness (QED) is 0.864. The van der Waals surface area contributed by atoms with Crippen LogP contribution in [0.4, 0.5) is 0 Å². The van der Waals surface area contributed by atoms with E-state index in [1.807, 2.05) is 11.3 Å². The maximum absolute atomic E-state index is 3.77. The van der Waals surface area contributed by atoms with Crippen molar-refractivity contribution in [1.29, 1.82) is 0 Å². The fraction of sp³-hybridized carbons (Fsp3) is 0.412. The molecule has 1 aromatic heterocycles. The first-order valence-electron chi connectivity index (χ1n) is 7.25. The van der Waals surface area contributed by atoms with Crippen molar-refractivity contribution < 1.29 is 0 Å². The molecule has 0 fully saturated rings. The van der Waals surface area contributed by atoms with Gasteiger partial charge in [0.05, 0.1) is 0 Å². The van der Waals surface area contributed by atoms with E-state index in [2.05, 4.69) is 48.0 Å². The van der Waals surface area contributed by atoms with Crippen molar-refractivity contribution in [1.82, 2.24) is 5.32 Å². The van der Waals surface area contributed by atoms with E-state index in [1.165, 1.54) is 40.8 Å². The van der Waals surface area contributed by atoms with E-state index in [4.69, 9.17) is 0 Å². The Morgan fingerprint density at radius 2 is 2.16 bits per heavy atom. The van der Waals surface area contributed by atoms with Crippen LogP contribution in [0.3, 0.4) is 0 Å². The van der Waals surface area contributed by atoms with Crippen LogP contribution in [0.5, 0.6) is 0 Å². The van der Waals surface area contributed by atoms with Gasteiger partial charge in [-0.2, -0.15) is 0 Å². The summed E-state index contributed by atoms with van der Waals surface area (Å²) in [5.74, 6) is 0. The number of hydrogen-bond acceptors (Lipinski definition) is 2. The van der Waals surface area contributed by atoms with E-state index in [-0.39, 0.29) is 0 Å². The van der Waals surface area contributed by atoms with Gasteiger partial charge in [0.2, 0.25) is 0 Å². The van der Waals surface area contributed by atoms with Crippen molar-refractivity contribution >= 4 is 11.3 Å². The Morgan fingerprint density at radius 3 is 3.05 bits per heavy atom. The van der Waals surface area contributed by atoms with Gasteiger partial charge >= 0.3 is 0 Å². The van der Waals surface area contributed by atoms with Crippen LogP contribution in [0.1, 0.15) is 47.4 Å². The van der Waals surface area contributed by atoms with Gasteiger partial charge in [0.15, 0.2) is 0 Å². The molecule has 1 N–H and O–H groups in total. The summed E-state index contributed by atoms with van der Waals surface area (Å²) in [6, 6.07) is 11.7. The van der Waals surface area contributed by atoms with Crippen LogP contribution < -0.4 is 5.32 Å². The number of rotatable bonds is 4.